The van der Waals surface area contributed by atoms with E-state index in [0.29, 0.717) is 53.8 Å². The largest absolute Gasteiger partial charge is 0.493 e. The number of aromatic nitrogens is 1. The van der Waals surface area contributed by atoms with E-state index in [1.807, 2.05) is 50.2 Å². The van der Waals surface area contributed by atoms with Gasteiger partial charge in [0.15, 0.2) is 17.3 Å². The molecule has 0 aliphatic carbocycles. The molecule has 1 aromatic heterocycles. The molecule has 32 heavy (non-hydrogen) atoms. The molecule has 0 bridgehead atoms. The molecule has 0 saturated heterocycles. The van der Waals surface area contributed by atoms with Crippen LogP contribution in [-0.2, 0) is 6.42 Å². The predicted octanol–water partition coefficient (Wildman–Crippen LogP) is 5.91. The molecule has 2 aromatic carbocycles. The van der Waals surface area contributed by atoms with Crippen LogP contribution in [0.3, 0.4) is 0 Å². The van der Waals surface area contributed by atoms with Gasteiger partial charge in [-0.2, -0.15) is 0 Å². The lowest BCUT2D eigenvalue weighted by Crippen LogP contribution is -2.10. The van der Waals surface area contributed by atoms with Crippen molar-refractivity contribution in [1.29, 1.82) is 0 Å². The van der Waals surface area contributed by atoms with Gasteiger partial charge in [0, 0.05) is 18.4 Å². The number of aryl methyl sites for hydroxylation is 1. The van der Waals surface area contributed by atoms with Crippen molar-refractivity contribution in [2.24, 2.45) is 0 Å². The van der Waals surface area contributed by atoms with Gasteiger partial charge in [0.1, 0.15) is 12.0 Å². The minimum Gasteiger partial charge on any atom is -0.493 e. The second-order valence-electron chi connectivity index (χ2n) is 7.52. The van der Waals surface area contributed by atoms with Crippen LogP contribution in [0.1, 0.15) is 42.7 Å². The summed E-state index contributed by atoms with van der Waals surface area (Å²) in [6.07, 6.45) is 4.89. The van der Waals surface area contributed by atoms with E-state index < -0.39 is 0 Å². The first-order valence-corrected chi connectivity index (χ1v) is 10.7. The van der Waals surface area contributed by atoms with Crippen LogP contribution < -0.4 is 14.2 Å². The number of ether oxygens (including phenoxy) is 3. The third kappa shape index (κ3) is 6.00. The Morgan fingerprint density at radius 2 is 1.97 bits per heavy atom. The molecule has 0 fully saturated rings. The first-order chi connectivity index (χ1) is 15.5. The highest BCUT2D eigenvalue weighted by Gasteiger charge is 2.16. The average Bonchev–Trinajstić information content (AvgIpc) is 3.26. The highest BCUT2D eigenvalue weighted by Crippen LogP contribution is 2.32. The monoisotopic (exact) mass is 435 g/mol. The number of carbonyl (C=O) groups is 1. The molecule has 0 aliphatic rings. The number of rotatable bonds is 12. The number of ketones is 1. The molecule has 0 saturated carbocycles. The number of oxazole rings is 1. The molecule has 0 atom stereocenters. The minimum absolute atomic E-state index is 0.00260. The normalized spacial score (nSPS) is 10.8. The summed E-state index contributed by atoms with van der Waals surface area (Å²) < 4.78 is 22.6. The second kappa shape index (κ2) is 11.2. The van der Waals surface area contributed by atoms with E-state index in [2.05, 4.69) is 11.6 Å². The van der Waals surface area contributed by atoms with Crippen LogP contribution in [0.4, 0.5) is 0 Å². The van der Waals surface area contributed by atoms with Crippen molar-refractivity contribution in [3.05, 3.63) is 72.6 Å². The Bertz CT molecular complexity index is 1050. The summed E-state index contributed by atoms with van der Waals surface area (Å²) in [6, 6.07) is 12.8. The number of hydrogen-bond donors (Lipinski definition) is 0. The van der Waals surface area contributed by atoms with Crippen LogP contribution in [-0.4, -0.2) is 30.6 Å². The Balaban J connectivity index is 1.68. The number of carbonyl (C=O) groups excluding carboxylic acids is 1. The van der Waals surface area contributed by atoms with E-state index in [1.165, 1.54) is 0 Å². The molecule has 1 heterocycles. The number of methoxy groups -OCH3 is 1. The van der Waals surface area contributed by atoms with Gasteiger partial charge in [-0.1, -0.05) is 18.2 Å². The van der Waals surface area contributed by atoms with Gasteiger partial charge in [-0.05, 0) is 50.6 Å². The van der Waals surface area contributed by atoms with Gasteiger partial charge in [-0.15, -0.1) is 6.58 Å². The highest BCUT2D eigenvalue weighted by molar-refractivity contribution is 5.98. The molecular formula is C26H29NO5. The van der Waals surface area contributed by atoms with Crippen LogP contribution in [0.5, 0.6) is 17.2 Å². The van der Waals surface area contributed by atoms with Crippen molar-refractivity contribution in [2.75, 3.05) is 13.7 Å². The predicted molar refractivity (Wildman–Crippen MR) is 124 cm³/mol. The molecule has 0 amide bonds. The van der Waals surface area contributed by atoms with E-state index in [0.717, 1.165) is 12.0 Å². The molecule has 6 nitrogen and oxygen atoms in total. The molecule has 0 radical (unpaired) electrons. The van der Waals surface area contributed by atoms with Crippen molar-refractivity contribution in [3.63, 3.8) is 0 Å². The Labute approximate surface area is 188 Å². The average molecular weight is 436 g/mol. The van der Waals surface area contributed by atoms with Crippen LogP contribution >= 0.6 is 0 Å². The third-order valence-electron chi connectivity index (χ3n) is 4.70. The summed E-state index contributed by atoms with van der Waals surface area (Å²) in [5.41, 5.74) is 2.06. The fourth-order valence-corrected chi connectivity index (χ4v) is 3.16. The molecule has 168 valence electrons. The number of para-hydroxylation sites is 1. The summed E-state index contributed by atoms with van der Waals surface area (Å²) in [7, 11) is 1.60. The van der Waals surface area contributed by atoms with Gasteiger partial charge < -0.3 is 18.6 Å². The number of hydrogen-bond acceptors (Lipinski definition) is 6. The molecule has 0 aliphatic heterocycles. The minimum atomic E-state index is -0.00260. The van der Waals surface area contributed by atoms with Crippen molar-refractivity contribution >= 4 is 5.78 Å². The number of nitrogens with zero attached hydrogens (tertiary/aromatic N) is 1. The molecular weight excluding hydrogens is 406 g/mol. The molecule has 0 unspecified atom stereocenters. The van der Waals surface area contributed by atoms with Crippen LogP contribution in [0, 0.1) is 0 Å². The van der Waals surface area contributed by atoms with Crippen molar-refractivity contribution < 1.29 is 23.4 Å². The van der Waals surface area contributed by atoms with Crippen molar-refractivity contribution in [2.45, 2.75) is 39.2 Å². The standard InChI is InChI=1S/C26H29NO5/c1-5-6-15-30-25-16-19(11-14-24(25)29-4)26-27-20(17-31-26)12-13-22(28)21-9-7-8-10-23(21)32-18(2)3/h5,7-11,14,16-18H,1,6,12-13,15H2,2-4H3. The van der Waals surface area contributed by atoms with Crippen LogP contribution in [0.2, 0.25) is 0 Å². The highest BCUT2D eigenvalue weighted by atomic mass is 16.5. The van der Waals surface area contributed by atoms with E-state index in [1.54, 1.807) is 25.5 Å². The Morgan fingerprint density at radius 1 is 1.16 bits per heavy atom. The Hall–Kier alpha value is -3.54. The fraction of sp³-hybridized carbons (Fsp3) is 0.308. The lowest BCUT2D eigenvalue weighted by molar-refractivity contribution is 0.0976. The SMILES string of the molecule is C=CCCOc1cc(-c2nc(CCC(=O)c3ccccc3OC(C)C)co2)ccc1OC. The summed E-state index contributed by atoms with van der Waals surface area (Å²) in [5.74, 6) is 2.33. The Morgan fingerprint density at radius 3 is 2.72 bits per heavy atom. The van der Waals surface area contributed by atoms with Gasteiger partial charge in [-0.25, -0.2) is 4.98 Å². The topological polar surface area (TPSA) is 70.8 Å². The summed E-state index contributed by atoms with van der Waals surface area (Å²) in [4.78, 5) is 17.3. The zero-order chi connectivity index (χ0) is 22.9. The first kappa shape index (κ1) is 23.1. The van der Waals surface area contributed by atoms with Crippen LogP contribution in [0.15, 0.2) is 65.8 Å². The number of Topliss-reactive ketones (excluding diaryl/α,β-unsaturated/α-hetero) is 1. The molecule has 6 heteroatoms. The molecule has 0 N–H and O–H groups in total. The lowest BCUT2D eigenvalue weighted by Gasteiger charge is -2.13. The molecule has 0 spiro atoms. The van der Waals surface area contributed by atoms with E-state index >= 15 is 0 Å². The zero-order valence-electron chi connectivity index (χ0n) is 18.8. The quantitative estimate of drug-likeness (QED) is 0.200. The van der Waals surface area contributed by atoms with Gasteiger partial charge in [-0.3, -0.25) is 4.79 Å². The summed E-state index contributed by atoms with van der Waals surface area (Å²) >= 11 is 0. The zero-order valence-corrected chi connectivity index (χ0v) is 18.8. The fourth-order valence-electron chi connectivity index (χ4n) is 3.16. The summed E-state index contributed by atoms with van der Waals surface area (Å²) in [5, 5.41) is 0. The van der Waals surface area contributed by atoms with E-state index in [-0.39, 0.29) is 11.9 Å². The second-order valence-corrected chi connectivity index (χ2v) is 7.52. The smallest absolute Gasteiger partial charge is 0.226 e. The van der Waals surface area contributed by atoms with E-state index in [4.69, 9.17) is 18.6 Å². The van der Waals surface area contributed by atoms with E-state index in [9.17, 15) is 4.79 Å². The summed E-state index contributed by atoms with van der Waals surface area (Å²) in [6.45, 7) is 8.08. The maximum absolute atomic E-state index is 12.8. The first-order valence-electron chi connectivity index (χ1n) is 10.7. The van der Waals surface area contributed by atoms with Gasteiger partial charge in [0.25, 0.3) is 0 Å². The van der Waals surface area contributed by atoms with Crippen molar-refractivity contribution in [3.8, 4) is 28.7 Å². The van der Waals surface area contributed by atoms with Crippen LogP contribution in [0.25, 0.3) is 11.5 Å². The van der Waals surface area contributed by atoms with Gasteiger partial charge in [0.05, 0.1) is 31.1 Å². The van der Waals surface area contributed by atoms with Crippen molar-refractivity contribution in [1.82, 2.24) is 4.98 Å². The molecule has 3 rings (SSSR count). The Kier molecular flexibility index (Phi) is 8.08. The maximum Gasteiger partial charge on any atom is 0.226 e. The maximum atomic E-state index is 12.8. The van der Waals surface area contributed by atoms with Gasteiger partial charge in [0.2, 0.25) is 5.89 Å². The number of benzene rings is 2. The van der Waals surface area contributed by atoms with Gasteiger partial charge >= 0.3 is 0 Å². The lowest BCUT2D eigenvalue weighted by atomic mass is 10.0. The molecule has 3 aromatic rings. The third-order valence-corrected chi connectivity index (χ3v) is 4.70.